The zero-order valence-electron chi connectivity index (χ0n) is 18.7. The molecule has 178 valence electrons. The summed E-state index contributed by atoms with van der Waals surface area (Å²) in [7, 11) is 2.99. The Balaban J connectivity index is 1.70. The third kappa shape index (κ3) is 4.43. The Bertz CT molecular complexity index is 1060. The average Bonchev–Trinajstić information content (AvgIpc) is 3.36. The zero-order chi connectivity index (χ0) is 23.4. The van der Waals surface area contributed by atoms with Gasteiger partial charge in [-0.2, -0.15) is 0 Å². The fraction of sp³-hybridized carbons (Fsp3) is 0.500. The minimum atomic E-state index is -1.45. The summed E-state index contributed by atoms with van der Waals surface area (Å²) in [4.78, 5) is 13.6. The number of aliphatic hydroxyl groups excluding tert-OH is 2. The van der Waals surface area contributed by atoms with E-state index >= 15 is 0 Å². The summed E-state index contributed by atoms with van der Waals surface area (Å²) in [6, 6.07) is 10.1. The van der Waals surface area contributed by atoms with E-state index in [9.17, 15) is 10.2 Å². The quantitative estimate of drug-likeness (QED) is 0.327. The third-order valence-electron chi connectivity index (χ3n) is 5.79. The highest BCUT2D eigenvalue weighted by Crippen LogP contribution is 2.38. The topological polar surface area (TPSA) is 150 Å². The van der Waals surface area contributed by atoms with Gasteiger partial charge in [-0.1, -0.05) is 30.3 Å². The molecule has 33 heavy (non-hydrogen) atoms. The number of nitrogens with zero attached hydrogens (tertiary/aromatic N) is 4. The van der Waals surface area contributed by atoms with Crippen molar-refractivity contribution in [2.75, 3.05) is 39.3 Å². The maximum absolute atomic E-state index is 11.0. The molecule has 0 radical (unpaired) electrons. The molecule has 11 nitrogen and oxygen atoms in total. The Kier molecular flexibility index (Phi) is 7.17. The summed E-state index contributed by atoms with van der Waals surface area (Å²) in [5, 5.41) is 24.9. The maximum Gasteiger partial charge on any atom is 0.200 e. The number of fused-ring (bicyclic) bond motifs is 1. The van der Waals surface area contributed by atoms with E-state index in [0.717, 1.165) is 6.42 Å². The molecule has 1 aromatic carbocycles. The van der Waals surface area contributed by atoms with Crippen molar-refractivity contribution in [3.05, 3.63) is 48.0 Å². The van der Waals surface area contributed by atoms with E-state index in [4.69, 9.17) is 19.9 Å². The number of nitrogens with one attached hydrogen (secondary N) is 1. The molecule has 0 saturated carbocycles. The van der Waals surface area contributed by atoms with Crippen LogP contribution >= 0.6 is 0 Å². The van der Waals surface area contributed by atoms with Crippen molar-refractivity contribution in [2.24, 2.45) is 5.73 Å². The summed E-state index contributed by atoms with van der Waals surface area (Å²) in [6.07, 6.45) is -0.938. The van der Waals surface area contributed by atoms with Gasteiger partial charge < -0.3 is 35.5 Å². The lowest BCUT2D eigenvalue weighted by Crippen LogP contribution is -2.49. The lowest BCUT2D eigenvalue weighted by atomic mass is 10.0. The van der Waals surface area contributed by atoms with Crippen LogP contribution in [0.4, 0.5) is 5.82 Å². The van der Waals surface area contributed by atoms with Crippen molar-refractivity contribution in [1.29, 1.82) is 0 Å². The number of ether oxygens (including phenoxy) is 3. The van der Waals surface area contributed by atoms with Gasteiger partial charge in [-0.05, 0) is 12.0 Å². The smallest absolute Gasteiger partial charge is 0.200 e. The molecule has 1 aliphatic heterocycles. The Morgan fingerprint density at radius 2 is 1.97 bits per heavy atom. The van der Waals surface area contributed by atoms with Gasteiger partial charge in [-0.3, -0.25) is 4.57 Å². The lowest BCUT2D eigenvalue weighted by Gasteiger charge is -2.33. The van der Waals surface area contributed by atoms with Gasteiger partial charge >= 0.3 is 0 Å². The van der Waals surface area contributed by atoms with Crippen LogP contribution in [0.2, 0.25) is 0 Å². The summed E-state index contributed by atoms with van der Waals surface area (Å²) in [5.74, 6) is 0.935. The summed E-state index contributed by atoms with van der Waals surface area (Å²) < 4.78 is 18.2. The average molecular weight is 459 g/mol. The van der Waals surface area contributed by atoms with Gasteiger partial charge in [-0.25, -0.2) is 15.0 Å². The van der Waals surface area contributed by atoms with Crippen LogP contribution in [0, 0.1) is 0 Å². The highest BCUT2D eigenvalue weighted by atomic mass is 16.6. The third-order valence-corrected chi connectivity index (χ3v) is 5.79. The molecule has 4 rings (SSSR count). The first-order chi connectivity index (χ1) is 16.0. The van der Waals surface area contributed by atoms with E-state index in [0.29, 0.717) is 29.4 Å². The number of rotatable bonds is 10. The number of methoxy groups -OCH3 is 2. The van der Waals surface area contributed by atoms with Crippen LogP contribution in [0.1, 0.15) is 11.4 Å². The Morgan fingerprint density at radius 1 is 1.18 bits per heavy atom. The van der Waals surface area contributed by atoms with Crippen LogP contribution in [0.25, 0.3) is 11.2 Å². The number of nitrogens with two attached hydrogens (primary N) is 1. The molecule has 5 N–H and O–H groups in total. The van der Waals surface area contributed by atoms with Crippen molar-refractivity contribution >= 4 is 17.0 Å². The number of aromatic nitrogens is 4. The molecule has 0 aliphatic carbocycles. The summed E-state index contributed by atoms with van der Waals surface area (Å²) in [5.41, 5.74) is 6.51. The normalized spacial score (nSPS) is 25.1. The van der Waals surface area contributed by atoms with Crippen molar-refractivity contribution in [3.63, 3.8) is 0 Å². The van der Waals surface area contributed by atoms with E-state index in [-0.39, 0.29) is 19.8 Å². The second-order valence-corrected chi connectivity index (χ2v) is 7.97. The largest absolute Gasteiger partial charge is 0.387 e. The van der Waals surface area contributed by atoms with E-state index < -0.39 is 24.0 Å². The Morgan fingerprint density at radius 3 is 2.67 bits per heavy atom. The maximum atomic E-state index is 11.0. The molecule has 4 atom stereocenters. The van der Waals surface area contributed by atoms with E-state index in [1.807, 2.05) is 18.2 Å². The second kappa shape index (κ2) is 10.1. The lowest BCUT2D eigenvalue weighted by molar-refractivity contribution is -0.176. The van der Waals surface area contributed by atoms with Crippen LogP contribution < -0.4 is 11.1 Å². The van der Waals surface area contributed by atoms with Crippen LogP contribution in [0.5, 0.6) is 0 Å². The van der Waals surface area contributed by atoms with E-state index in [1.54, 1.807) is 4.57 Å². The Labute approximate surface area is 191 Å². The minimum absolute atomic E-state index is 0.0460. The molecule has 1 saturated heterocycles. The SMILES string of the molecule is COC[C@H]1O[C@@](COC)(n2cnc3c(NCCc4ccccc4)nc(CN)nc32)[C@H](O)[C@@H]1O. The van der Waals surface area contributed by atoms with Crippen LogP contribution in [0.15, 0.2) is 36.7 Å². The molecule has 3 heterocycles. The molecular weight excluding hydrogens is 428 g/mol. The fourth-order valence-electron chi connectivity index (χ4n) is 4.17. The van der Waals surface area contributed by atoms with Gasteiger partial charge in [0.05, 0.1) is 26.1 Å². The van der Waals surface area contributed by atoms with Crippen LogP contribution in [-0.4, -0.2) is 82.0 Å². The first kappa shape index (κ1) is 23.5. The van der Waals surface area contributed by atoms with Crippen LogP contribution in [0.3, 0.4) is 0 Å². The number of imidazole rings is 1. The van der Waals surface area contributed by atoms with E-state index in [1.165, 1.54) is 26.1 Å². The highest BCUT2D eigenvalue weighted by Gasteiger charge is 2.56. The number of hydrogen-bond acceptors (Lipinski definition) is 10. The first-order valence-corrected chi connectivity index (χ1v) is 10.8. The predicted octanol–water partition coefficient (Wildman–Crippen LogP) is 0.00580. The van der Waals surface area contributed by atoms with Gasteiger partial charge in [-0.15, -0.1) is 0 Å². The molecule has 11 heteroatoms. The molecule has 1 fully saturated rings. The number of aliphatic hydroxyl groups is 2. The predicted molar refractivity (Wildman–Crippen MR) is 120 cm³/mol. The number of hydrogen-bond donors (Lipinski definition) is 4. The van der Waals surface area contributed by atoms with Crippen molar-refractivity contribution in [3.8, 4) is 0 Å². The van der Waals surface area contributed by atoms with Gasteiger partial charge in [0.25, 0.3) is 0 Å². The summed E-state index contributed by atoms with van der Waals surface area (Å²) in [6.45, 7) is 0.801. The molecule has 0 spiro atoms. The standard InChI is InChI=1S/C22H30N6O5/c1-31-11-15-18(29)19(30)22(33-15,12-32-2)28-13-25-17-20(26-16(10-23)27-21(17)28)24-9-8-14-6-4-3-5-7-14/h3-7,13,15,18-19,29-30H,8-12,23H2,1-2H3,(H,24,26,27)/t15-,18-,19-,22-/m1/s1. The van der Waals surface area contributed by atoms with Crippen LogP contribution in [-0.2, 0) is 32.9 Å². The number of benzene rings is 1. The minimum Gasteiger partial charge on any atom is -0.387 e. The molecule has 3 aromatic rings. The molecule has 0 amide bonds. The highest BCUT2D eigenvalue weighted by molar-refractivity contribution is 5.83. The molecule has 0 unspecified atom stereocenters. The van der Waals surface area contributed by atoms with Gasteiger partial charge in [0.15, 0.2) is 22.7 Å². The molecular formula is C22H30N6O5. The fourth-order valence-corrected chi connectivity index (χ4v) is 4.17. The van der Waals surface area contributed by atoms with Crippen molar-refractivity contribution in [1.82, 2.24) is 19.5 Å². The van der Waals surface area contributed by atoms with Gasteiger partial charge in [0, 0.05) is 20.8 Å². The van der Waals surface area contributed by atoms with Gasteiger partial charge in [0.2, 0.25) is 0 Å². The zero-order valence-corrected chi connectivity index (χ0v) is 18.7. The second-order valence-electron chi connectivity index (χ2n) is 7.97. The Hall–Kier alpha value is -2.67. The number of anilines is 1. The molecule has 1 aliphatic rings. The monoisotopic (exact) mass is 458 g/mol. The van der Waals surface area contributed by atoms with E-state index in [2.05, 4.69) is 32.4 Å². The van der Waals surface area contributed by atoms with Gasteiger partial charge in [0.1, 0.15) is 24.1 Å². The molecule has 0 bridgehead atoms. The summed E-state index contributed by atoms with van der Waals surface area (Å²) >= 11 is 0. The molecule has 2 aromatic heterocycles. The van der Waals surface area contributed by atoms with Crippen molar-refractivity contribution < 1.29 is 24.4 Å². The first-order valence-electron chi connectivity index (χ1n) is 10.8. The van der Waals surface area contributed by atoms with Crippen molar-refractivity contribution in [2.45, 2.75) is 37.0 Å².